The van der Waals surface area contributed by atoms with E-state index in [1.807, 2.05) is 16.9 Å². The molecule has 1 aliphatic rings. The minimum absolute atomic E-state index is 0.0387. The number of carbonyl (C=O) groups excluding carboxylic acids is 2. The third-order valence-electron chi connectivity index (χ3n) is 4.49. The molecular formula is C18H21N5O5. The lowest BCUT2D eigenvalue weighted by atomic mass is 10.1. The van der Waals surface area contributed by atoms with Crippen LogP contribution in [0.3, 0.4) is 0 Å². The van der Waals surface area contributed by atoms with Gasteiger partial charge in [-0.1, -0.05) is 0 Å². The summed E-state index contributed by atoms with van der Waals surface area (Å²) in [5.41, 5.74) is -0.142. The number of nitrogens with one attached hydrogen (secondary N) is 3. The van der Waals surface area contributed by atoms with Gasteiger partial charge in [-0.2, -0.15) is 0 Å². The molecular weight excluding hydrogens is 366 g/mol. The number of nitrogens with zero attached hydrogens (tertiary/aromatic N) is 2. The quantitative estimate of drug-likeness (QED) is 0.677. The first-order valence-electron chi connectivity index (χ1n) is 8.59. The second kappa shape index (κ2) is 7.59. The van der Waals surface area contributed by atoms with Crippen molar-refractivity contribution in [2.45, 2.75) is 12.5 Å². The van der Waals surface area contributed by atoms with Gasteiger partial charge in [0.05, 0.1) is 18.2 Å². The van der Waals surface area contributed by atoms with Crippen LogP contribution in [0.25, 0.3) is 0 Å². The van der Waals surface area contributed by atoms with Gasteiger partial charge in [0.25, 0.3) is 11.5 Å². The maximum absolute atomic E-state index is 12.3. The summed E-state index contributed by atoms with van der Waals surface area (Å²) in [6, 6.07) is 4.87. The molecule has 0 aliphatic carbocycles. The summed E-state index contributed by atoms with van der Waals surface area (Å²) in [5, 5.41) is 2.48. The largest absolute Gasteiger partial charge is 0.489 e. The number of aromatic amines is 2. The van der Waals surface area contributed by atoms with Crippen LogP contribution in [0.4, 0.5) is 11.4 Å². The number of carbonyl (C=O) groups is 2. The molecule has 1 unspecified atom stereocenters. The average molecular weight is 387 g/mol. The van der Waals surface area contributed by atoms with E-state index < -0.39 is 17.2 Å². The van der Waals surface area contributed by atoms with Crippen LogP contribution >= 0.6 is 0 Å². The summed E-state index contributed by atoms with van der Waals surface area (Å²) in [7, 11) is 5.16. The Bertz CT molecular complexity index is 1030. The van der Waals surface area contributed by atoms with Gasteiger partial charge < -0.3 is 24.8 Å². The monoisotopic (exact) mass is 387 g/mol. The molecule has 10 nitrogen and oxygen atoms in total. The highest BCUT2D eigenvalue weighted by molar-refractivity contribution is 5.95. The first-order chi connectivity index (χ1) is 13.3. The molecule has 3 N–H and O–H groups in total. The second-order valence-electron chi connectivity index (χ2n) is 6.70. The lowest BCUT2D eigenvalue weighted by Crippen LogP contribution is -2.43. The second-order valence-corrected chi connectivity index (χ2v) is 6.70. The van der Waals surface area contributed by atoms with Crippen molar-refractivity contribution in [3.8, 4) is 5.75 Å². The van der Waals surface area contributed by atoms with Gasteiger partial charge in [-0.3, -0.25) is 19.4 Å². The van der Waals surface area contributed by atoms with E-state index >= 15 is 0 Å². The Morgan fingerprint density at radius 3 is 2.75 bits per heavy atom. The van der Waals surface area contributed by atoms with E-state index in [0.29, 0.717) is 17.0 Å². The summed E-state index contributed by atoms with van der Waals surface area (Å²) in [4.78, 5) is 55.0. The Labute approximate surface area is 160 Å². The smallest absolute Gasteiger partial charge is 0.325 e. The Hall–Kier alpha value is -3.56. The molecule has 0 saturated carbocycles. The molecule has 0 saturated heterocycles. The highest BCUT2D eigenvalue weighted by Gasteiger charge is 2.28. The number of fused-ring (bicyclic) bond motifs is 1. The van der Waals surface area contributed by atoms with Gasteiger partial charge in [-0.15, -0.1) is 0 Å². The third kappa shape index (κ3) is 3.90. The zero-order valence-electron chi connectivity index (χ0n) is 15.7. The van der Waals surface area contributed by atoms with E-state index in [2.05, 4.69) is 10.3 Å². The van der Waals surface area contributed by atoms with Gasteiger partial charge in [0.2, 0.25) is 5.91 Å². The van der Waals surface area contributed by atoms with Crippen LogP contribution in [0.15, 0.2) is 34.0 Å². The first kappa shape index (κ1) is 19.2. The predicted octanol–water partition coefficient (Wildman–Crippen LogP) is -0.00900. The number of aromatic nitrogens is 2. The van der Waals surface area contributed by atoms with Crippen molar-refractivity contribution in [2.24, 2.45) is 0 Å². The predicted molar refractivity (Wildman–Crippen MR) is 103 cm³/mol. The molecule has 2 heterocycles. The number of hydrogen-bond donors (Lipinski definition) is 3. The van der Waals surface area contributed by atoms with Crippen LogP contribution in [0.1, 0.15) is 16.8 Å². The van der Waals surface area contributed by atoms with Crippen molar-refractivity contribution in [2.75, 3.05) is 38.0 Å². The Kier molecular flexibility index (Phi) is 5.21. The summed E-state index contributed by atoms with van der Waals surface area (Å²) in [5.74, 6) is 0.0990. The summed E-state index contributed by atoms with van der Waals surface area (Å²) >= 11 is 0. The fourth-order valence-electron chi connectivity index (χ4n) is 2.91. The zero-order valence-corrected chi connectivity index (χ0v) is 15.7. The number of ether oxygens (including phenoxy) is 1. The molecule has 0 spiro atoms. The van der Waals surface area contributed by atoms with Crippen LogP contribution in [-0.4, -0.2) is 60.5 Å². The molecule has 3 rings (SSSR count). The molecule has 148 valence electrons. The van der Waals surface area contributed by atoms with Crippen molar-refractivity contribution in [3.63, 3.8) is 0 Å². The molecule has 28 heavy (non-hydrogen) atoms. The minimum Gasteiger partial charge on any atom is -0.489 e. The highest BCUT2D eigenvalue weighted by atomic mass is 16.5. The summed E-state index contributed by atoms with van der Waals surface area (Å²) in [6.45, 7) is 0.278. The Morgan fingerprint density at radius 2 is 2.07 bits per heavy atom. The lowest BCUT2D eigenvalue weighted by Gasteiger charge is -2.35. The molecule has 1 aromatic carbocycles. The fraction of sp³-hybridized carbons (Fsp3) is 0.333. The van der Waals surface area contributed by atoms with Gasteiger partial charge in [-0.05, 0) is 18.2 Å². The Balaban J connectivity index is 1.74. The summed E-state index contributed by atoms with van der Waals surface area (Å²) < 4.78 is 5.73. The normalized spacial score (nSPS) is 15.4. The molecule has 0 radical (unpaired) electrons. The lowest BCUT2D eigenvalue weighted by molar-refractivity contribution is -0.116. The fourth-order valence-corrected chi connectivity index (χ4v) is 2.91. The standard InChI is InChI=1S/C18H21N5O5/c1-22(2)17(26)10-4-5-14-13(6-10)23(3)11(9-28-14)7-15(24)20-12-8-19-18(27)21-16(12)25/h4-6,8,11H,7,9H2,1-3H3,(H,20,24)(H2,19,21,25,27). The van der Waals surface area contributed by atoms with Crippen molar-refractivity contribution >= 4 is 23.2 Å². The van der Waals surface area contributed by atoms with Gasteiger partial charge >= 0.3 is 5.69 Å². The van der Waals surface area contributed by atoms with Gasteiger partial charge in [0, 0.05) is 32.9 Å². The molecule has 10 heteroatoms. The van der Waals surface area contributed by atoms with Crippen LogP contribution in [-0.2, 0) is 4.79 Å². The molecule has 2 amide bonds. The molecule has 1 atom stereocenters. The molecule has 0 bridgehead atoms. The van der Waals surface area contributed by atoms with Gasteiger partial charge in [0.1, 0.15) is 18.0 Å². The van der Waals surface area contributed by atoms with E-state index in [1.165, 1.54) is 4.90 Å². The third-order valence-corrected chi connectivity index (χ3v) is 4.49. The van der Waals surface area contributed by atoms with Crippen molar-refractivity contribution in [3.05, 3.63) is 50.8 Å². The van der Waals surface area contributed by atoms with Gasteiger partial charge in [-0.25, -0.2) is 4.79 Å². The van der Waals surface area contributed by atoms with E-state index in [9.17, 15) is 19.2 Å². The SMILES string of the molecule is CN(C)C(=O)c1ccc2c(c1)N(C)C(CC(=O)Nc1c[nH]c(=O)[nH]c1=O)CO2. The van der Waals surface area contributed by atoms with Crippen molar-refractivity contribution < 1.29 is 14.3 Å². The first-order valence-corrected chi connectivity index (χ1v) is 8.59. The van der Waals surface area contributed by atoms with Gasteiger partial charge in [0.15, 0.2) is 0 Å². The Morgan fingerprint density at radius 1 is 1.32 bits per heavy atom. The maximum atomic E-state index is 12.3. The van der Waals surface area contributed by atoms with Crippen LogP contribution in [0.5, 0.6) is 5.75 Å². The number of anilines is 2. The topological polar surface area (TPSA) is 128 Å². The van der Waals surface area contributed by atoms with Crippen molar-refractivity contribution in [1.29, 1.82) is 0 Å². The number of hydrogen-bond acceptors (Lipinski definition) is 6. The minimum atomic E-state index is -0.678. The number of amides is 2. The molecule has 1 aliphatic heterocycles. The van der Waals surface area contributed by atoms with E-state index in [0.717, 1.165) is 6.20 Å². The van der Waals surface area contributed by atoms with Crippen LogP contribution in [0.2, 0.25) is 0 Å². The molecule has 2 aromatic rings. The highest BCUT2D eigenvalue weighted by Crippen LogP contribution is 2.34. The number of benzene rings is 1. The van der Waals surface area contributed by atoms with Crippen LogP contribution < -0.4 is 26.2 Å². The molecule has 0 fully saturated rings. The number of H-pyrrole nitrogens is 2. The zero-order chi connectivity index (χ0) is 20.4. The number of likely N-dealkylation sites (N-methyl/N-ethyl adjacent to an activating group) is 1. The average Bonchev–Trinajstić information content (AvgIpc) is 2.65. The maximum Gasteiger partial charge on any atom is 0.325 e. The summed E-state index contributed by atoms with van der Waals surface area (Å²) in [6.07, 6.45) is 1.20. The van der Waals surface area contributed by atoms with Crippen LogP contribution in [0, 0.1) is 0 Å². The van der Waals surface area contributed by atoms with E-state index in [4.69, 9.17) is 4.74 Å². The number of rotatable bonds is 4. The molecule has 1 aromatic heterocycles. The van der Waals surface area contributed by atoms with E-state index in [1.54, 1.807) is 32.3 Å². The van der Waals surface area contributed by atoms with Crippen molar-refractivity contribution in [1.82, 2.24) is 14.9 Å². The van der Waals surface area contributed by atoms with E-state index in [-0.39, 0.29) is 30.7 Å².